The second-order valence-electron chi connectivity index (χ2n) is 2.93. The van der Waals surface area contributed by atoms with E-state index in [9.17, 15) is 15.3 Å². The first-order valence-electron chi connectivity index (χ1n) is 3.95. The molecule has 6 heteroatoms. The van der Waals surface area contributed by atoms with Crippen LogP contribution in [0.5, 0.6) is 0 Å². The summed E-state index contributed by atoms with van der Waals surface area (Å²) in [5.74, 6) is 0. The van der Waals surface area contributed by atoms with Gasteiger partial charge in [-0.2, -0.15) is 0 Å². The first-order valence-corrected chi connectivity index (χ1v) is 3.95. The summed E-state index contributed by atoms with van der Waals surface area (Å²) in [6.45, 7) is -0.440. The molecule has 0 radical (unpaired) electrons. The number of aliphatic hydroxyl groups is 4. The first kappa shape index (κ1) is 10.8. The van der Waals surface area contributed by atoms with Crippen molar-refractivity contribution in [3.63, 3.8) is 0 Å². The number of methoxy groups -OCH3 is 1. The molecular formula is C7H14O6. The maximum absolute atomic E-state index is 9.28. The number of aliphatic hydroxyl groups excluding tert-OH is 4. The largest absolute Gasteiger partial charge is 0.394 e. The van der Waals surface area contributed by atoms with Crippen LogP contribution in [0, 0.1) is 0 Å². The number of rotatable bonds is 2. The molecular weight excluding hydrogens is 180 g/mol. The smallest absolute Gasteiger partial charge is 0.186 e. The third-order valence-corrected chi connectivity index (χ3v) is 2.08. The lowest BCUT2D eigenvalue weighted by Gasteiger charge is -2.38. The van der Waals surface area contributed by atoms with Crippen LogP contribution in [0.2, 0.25) is 0 Å². The minimum absolute atomic E-state index is 0.440. The van der Waals surface area contributed by atoms with Crippen LogP contribution in [-0.2, 0) is 9.47 Å². The highest BCUT2D eigenvalue weighted by atomic mass is 16.7. The van der Waals surface area contributed by atoms with Gasteiger partial charge in [-0.25, -0.2) is 0 Å². The van der Waals surface area contributed by atoms with E-state index in [0.717, 1.165) is 0 Å². The summed E-state index contributed by atoms with van der Waals surface area (Å²) in [4.78, 5) is 0. The Bertz CT molecular complexity index is 143. The molecule has 0 amide bonds. The molecule has 1 heterocycles. The SMILES string of the molecule is CO[C@H]1O[C@@H](CO)[C@H](O)[C@@H](O)[C@H]1O. The maximum Gasteiger partial charge on any atom is 0.186 e. The zero-order valence-electron chi connectivity index (χ0n) is 7.20. The molecule has 0 unspecified atom stereocenters. The Morgan fingerprint density at radius 1 is 1.15 bits per heavy atom. The van der Waals surface area contributed by atoms with Gasteiger partial charge in [-0.05, 0) is 0 Å². The molecule has 0 aliphatic carbocycles. The average Bonchev–Trinajstić information content (AvgIpc) is 2.15. The van der Waals surface area contributed by atoms with Gasteiger partial charge in [0.25, 0.3) is 0 Å². The van der Waals surface area contributed by atoms with E-state index in [1.54, 1.807) is 0 Å². The number of ether oxygens (including phenoxy) is 2. The second kappa shape index (κ2) is 4.32. The van der Waals surface area contributed by atoms with E-state index in [4.69, 9.17) is 14.6 Å². The molecule has 1 aliphatic rings. The second-order valence-corrected chi connectivity index (χ2v) is 2.93. The Balaban J connectivity index is 2.66. The van der Waals surface area contributed by atoms with Crippen molar-refractivity contribution in [3.05, 3.63) is 0 Å². The molecule has 0 spiro atoms. The van der Waals surface area contributed by atoms with Crippen LogP contribution < -0.4 is 0 Å². The van der Waals surface area contributed by atoms with Crippen LogP contribution in [0.1, 0.15) is 0 Å². The van der Waals surface area contributed by atoms with Crippen LogP contribution in [-0.4, -0.2) is 64.8 Å². The van der Waals surface area contributed by atoms with Gasteiger partial charge in [0.1, 0.15) is 24.4 Å². The van der Waals surface area contributed by atoms with Gasteiger partial charge in [-0.3, -0.25) is 0 Å². The molecule has 1 rings (SSSR count). The highest BCUT2D eigenvalue weighted by Gasteiger charge is 2.43. The zero-order valence-corrected chi connectivity index (χ0v) is 7.20. The van der Waals surface area contributed by atoms with Crippen molar-refractivity contribution in [2.24, 2.45) is 0 Å². The third-order valence-electron chi connectivity index (χ3n) is 2.08. The quantitative estimate of drug-likeness (QED) is 0.386. The molecule has 6 nitrogen and oxygen atoms in total. The third kappa shape index (κ3) is 1.98. The Morgan fingerprint density at radius 2 is 1.77 bits per heavy atom. The van der Waals surface area contributed by atoms with Crippen molar-refractivity contribution in [1.82, 2.24) is 0 Å². The lowest BCUT2D eigenvalue weighted by Crippen LogP contribution is -2.58. The average molecular weight is 194 g/mol. The van der Waals surface area contributed by atoms with Crippen molar-refractivity contribution in [2.45, 2.75) is 30.7 Å². The molecule has 13 heavy (non-hydrogen) atoms. The summed E-state index contributed by atoms with van der Waals surface area (Å²) in [7, 11) is 1.30. The lowest BCUT2D eigenvalue weighted by atomic mass is 9.99. The van der Waals surface area contributed by atoms with Crippen molar-refractivity contribution in [1.29, 1.82) is 0 Å². The molecule has 0 saturated carbocycles. The van der Waals surface area contributed by atoms with Crippen LogP contribution in [0.3, 0.4) is 0 Å². The minimum atomic E-state index is -1.36. The van der Waals surface area contributed by atoms with Gasteiger partial charge >= 0.3 is 0 Å². The van der Waals surface area contributed by atoms with Gasteiger partial charge in [-0.1, -0.05) is 0 Å². The molecule has 1 saturated heterocycles. The van der Waals surface area contributed by atoms with E-state index in [0.29, 0.717) is 0 Å². The summed E-state index contributed by atoms with van der Waals surface area (Å²) in [6.07, 6.45) is -5.91. The van der Waals surface area contributed by atoms with E-state index >= 15 is 0 Å². The van der Waals surface area contributed by atoms with Crippen LogP contribution >= 0.6 is 0 Å². The fourth-order valence-electron chi connectivity index (χ4n) is 1.26. The Hall–Kier alpha value is -0.240. The Kier molecular flexibility index (Phi) is 3.60. The van der Waals surface area contributed by atoms with Crippen LogP contribution in [0.4, 0.5) is 0 Å². The Morgan fingerprint density at radius 3 is 2.23 bits per heavy atom. The fraction of sp³-hybridized carbons (Fsp3) is 1.00. The van der Waals surface area contributed by atoms with Gasteiger partial charge in [0.2, 0.25) is 0 Å². The molecule has 0 bridgehead atoms. The minimum Gasteiger partial charge on any atom is -0.394 e. The van der Waals surface area contributed by atoms with Gasteiger partial charge in [0, 0.05) is 7.11 Å². The van der Waals surface area contributed by atoms with Crippen molar-refractivity contribution in [3.8, 4) is 0 Å². The Labute approximate surface area is 75.3 Å². The summed E-state index contributed by atoms with van der Waals surface area (Å²) in [5, 5.41) is 36.6. The predicted molar refractivity (Wildman–Crippen MR) is 40.8 cm³/mol. The summed E-state index contributed by atoms with van der Waals surface area (Å²) in [5.41, 5.74) is 0. The van der Waals surface area contributed by atoms with E-state index < -0.39 is 37.3 Å². The normalized spacial score (nSPS) is 46.4. The van der Waals surface area contributed by atoms with Gasteiger partial charge in [0.05, 0.1) is 6.61 Å². The van der Waals surface area contributed by atoms with Gasteiger partial charge in [-0.15, -0.1) is 0 Å². The van der Waals surface area contributed by atoms with Crippen molar-refractivity contribution < 1.29 is 29.9 Å². The number of hydrogen-bond acceptors (Lipinski definition) is 6. The fourth-order valence-corrected chi connectivity index (χ4v) is 1.26. The van der Waals surface area contributed by atoms with Crippen LogP contribution in [0.15, 0.2) is 0 Å². The lowest BCUT2D eigenvalue weighted by molar-refractivity contribution is -0.294. The van der Waals surface area contributed by atoms with E-state index in [-0.39, 0.29) is 0 Å². The highest BCUT2D eigenvalue weighted by molar-refractivity contribution is 4.88. The molecule has 0 aromatic rings. The van der Waals surface area contributed by atoms with Crippen molar-refractivity contribution >= 4 is 0 Å². The zero-order chi connectivity index (χ0) is 10.0. The molecule has 0 aromatic carbocycles. The van der Waals surface area contributed by atoms with E-state index in [1.165, 1.54) is 7.11 Å². The molecule has 78 valence electrons. The molecule has 5 atom stereocenters. The monoisotopic (exact) mass is 194 g/mol. The summed E-state index contributed by atoms with van der Waals surface area (Å²) < 4.78 is 9.65. The summed E-state index contributed by atoms with van der Waals surface area (Å²) in [6, 6.07) is 0. The molecule has 0 aromatic heterocycles. The van der Waals surface area contributed by atoms with Gasteiger partial charge < -0.3 is 29.9 Å². The molecule has 4 N–H and O–H groups in total. The van der Waals surface area contributed by atoms with Crippen molar-refractivity contribution in [2.75, 3.05) is 13.7 Å². The molecule has 1 fully saturated rings. The first-order chi connectivity index (χ1) is 6.11. The topological polar surface area (TPSA) is 99.4 Å². The molecule has 1 aliphatic heterocycles. The predicted octanol–water partition coefficient (Wildman–Crippen LogP) is -2.57. The van der Waals surface area contributed by atoms with E-state index in [1.807, 2.05) is 0 Å². The van der Waals surface area contributed by atoms with Crippen LogP contribution in [0.25, 0.3) is 0 Å². The van der Waals surface area contributed by atoms with E-state index in [2.05, 4.69) is 0 Å². The highest BCUT2D eigenvalue weighted by Crippen LogP contribution is 2.20. The van der Waals surface area contributed by atoms with Gasteiger partial charge in [0.15, 0.2) is 6.29 Å². The maximum atomic E-state index is 9.28. The number of hydrogen-bond donors (Lipinski definition) is 4. The summed E-state index contributed by atoms with van der Waals surface area (Å²) >= 11 is 0. The standard InChI is InChI=1S/C7H14O6/c1-12-7-6(11)5(10)4(9)3(2-8)13-7/h3-11H,2H2,1H3/t3-,4-,5+,6+,7-/m0/s1.